The van der Waals surface area contributed by atoms with Crippen LogP contribution in [0.1, 0.15) is 31.4 Å². The summed E-state index contributed by atoms with van der Waals surface area (Å²) in [5.74, 6) is -0.959. The number of nitrogens with one attached hydrogen (secondary N) is 1. The van der Waals surface area contributed by atoms with Crippen LogP contribution in [-0.4, -0.2) is 17.0 Å². The van der Waals surface area contributed by atoms with Gasteiger partial charge >= 0.3 is 5.97 Å². The van der Waals surface area contributed by atoms with Gasteiger partial charge in [0.25, 0.3) is 0 Å². The van der Waals surface area contributed by atoms with Crippen molar-refractivity contribution in [3.05, 3.63) is 35.4 Å². The van der Waals surface area contributed by atoms with E-state index in [1.807, 2.05) is 24.3 Å². The molecular formula is C14H19NO3. The number of carboxylic acids is 1. The Morgan fingerprint density at radius 2 is 1.72 bits per heavy atom. The first-order valence-electron chi connectivity index (χ1n) is 6.03. The zero-order valence-electron chi connectivity index (χ0n) is 10.8. The number of carbonyl (C=O) groups excluding carboxylic acids is 1. The molecule has 0 saturated heterocycles. The predicted octanol–water partition coefficient (Wildman–Crippen LogP) is 1.98. The van der Waals surface area contributed by atoms with Crippen molar-refractivity contribution >= 4 is 11.9 Å². The maximum Gasteiger partial charge on any atom is 0.312 e. The summed E-state index contributed by atoms with van der Waals surface area (Å²) >= 11 is 0. The van der Waals surface area contributed by atoms with Crippen LogP contribution in [0.3, 0.4) is 0 Å². The molecule has 98 valence electrons. The van der Waals surface area contributed by atoms with Crippen LogP contribution < -0.4 is 5.32 Å². The van der Waals surface area contributed by atoms with Gasteiger partial charge in [-0.25, -0.2) is 0 Å². The summed E-state index contributed by atoms with van der Waals surface area (Å²) < 4.78 is 0. The van der Waals surface area contributed by atoms with E-state index in [0.29, 0.717) is 12.5 Å². The van der Waals surface area contributed by atoms with E-state index in [0.717, 1.165) is 12.0 Å². The van der Waals surface area contributed by atoms with Gasteiger partial charge in [-0.05, 0) is 23.5 Å². The zero-order valence-corrected chi connectivity index (χ0v) is 10.8. The number of rotatable bonds is 6. The standard InChI is InChI=1S/C14H19NO3/c1-10(2)7-11-3-5-12(6-4-11)9-15-13(16)8-14(17)18/h3-6,10H,7-9H2,1-2H3,(H,15,16)(H,17,18). The monoisotopic (exact) mass is 249 g/mol. The van der Waals surface area contributed by atoms with Crippen molar-refractivity contribution in [1.29, 1.82) is 0 Å². The van der Waals surface area contributed by atoms with Crippen molar-refractivity contribution in [3.8, 4) is 0 Å². The lowest BCUT2D eigenvalue weighted by Crippen LogP contribution is -2.25. The van der Waals surface area contributed by atoms with E-state index in [9.17, 15) is 9.59 Å². The summed E-state index contributed by atoms with van der Waals surface area (Å²) in [4.78, 5) is 21.5. The van der Waals surface area contributed by atoms with E-state index in [1.165, 1.54) is 5.56 Å². The molecule has 0 aromatic heterocycles. The Balaban J connectivity index is 2.44. The van der Waals surface area contributed by atoms with Gasteiger partial charge in [0.05, 0.1) is 0 Å². The Labute approximate surface area is 107 Å². The van der Waals surface area contributed by atoms with Crippen LogP contribution in [0, 0.1) is 5.92 Å². The van der Waals surface area contributed by atoms with E-state index in [4.69, 9.17) is 5.11 Å². The average molecular weight is 249 g/mol. The van der Waals surface area contributed by atoms with Crippen LogP contribution in [0.4, 0.5) is 0 Å². The smallest absolute Gasteiger partial charge is 0.312 e. The molecule has 0 aliphatic carbocycles. The fourth-order valence-corrected chi connectivity index (χ4v) is 1.67. The van der Waals surface area contributed by atoms with Crippen molar-refractivity contribution in [3.63, 3.8) is 0 Å². The lowest BCUT2D eigenvalue weighted by atomic mass is 10.0. The molecule has 1 aromatic carbocycles. The Bertz CT molecular complexity index is 410. The Morgan fingerprint density at radius 3 is 2.22 bits per heavy atom. The van der Waals surface area contributed by atoms with Gasteiger partial charge in [-0.15, -0.1) is 0 Å². The van der Waals surface area contributed by atoms with Crippen molar-refractivity contribution in [2.75, 3.05) is 0 Å². The Kier molecular flexibility index (Phi) is 5.36. The largest absolute Gasteiger partial charge is 0.481 e. The third kappa shape index (κ3) is 5.48. The molecule has 4 heteroatoms. The zero-order chi connectivity index (χ0) is 13.5. The number of carbonyl (C=O) groups is 2. The molecule has 0 atom stereocenters. The maximum absolute atomic E-state index is 11.1. The highest BCUT2D eigenvalue weighted by Crippen LogP contribution is 2.09. The predicted molar refractivity (Wildman–Crippen MR) is 69.1 cm³/mol. The van der Waals surface area contributed by atoms with Gasteiger partial charge in [-0.1, -0.05) is 38.1 Å². The highest BCUT2D eigenvalue weighted by Gasteiger charge is 2.06. The Morgan fingerprint density at radius 1 is 1.17 bits per heavy atom. The molecule has 0 saturated carbocycles. The first kappa shape index (κ1) is 14.2. The second-order valence-corrected chi connectivity index (χ2v) is 4.76. The van der Waals surface area contributed by atoms with Crippen LogP contribution in [0.25, 0.3) is 0 Å². The second-order valence-electron chi connectivity index (χ2n) is 4.76. The molecule has 0 aliphatic heterocycles. The van der Waals surface area contributed by atoms with Crippen molar-refractivity contribution in [2.45, 2.75) is 33.2 Å². The van der Waals surface area contributed by atoms with E-state index < -0.39 is 18.3 Å². The molecule has 0 aliphatic rings. The van der Waals surface area contributed by atoms with Crippen molar-refractivity contribution in [2.24, 2.45) is 5.92 Å². The molecule has 18 heavy (non-hydrogen) atoms. The Hall–Kier alpha value is -1.84. The number of hydrogen-bond acceptors (Lipinski definition) is 2. The first-order valence-corrected chi connectivity index (χ1v) is 6.03. The molecule has 0 radical (unpaired) electrons. The summed E-state index contributed by atoms with van der Waals surface area (Å²) in [6, 6.07) is 7.99. The summed E-state index contributed by atoms with van der Waals surface area (Å²) in [6.07, 6.45) is 0.553. The molecule has 1 rings (SSSR count). The number of amides is 1. The molecule has 4 nitrogen and oxygen atoms in total. The third-order valence-electron chi connectivity index (χ3n) is 2.47. The quantitative estimate of drug-likeness (QED) is 0.757. The van der Waals surface area contributed by atoms with Gasteiger partial charge in [-0.3, -0.25) is 9.59 Å². The van der Waals surface area contributed by atoms with Crippen LogP contribution in [0.5, 0.6) is 0 Å². The number of aliphatic carboxylic acids is 1. The molecule has 0 heterocycles. The summed E-state index contributed by atoms with van der Waals surface area (Å²) in [6.45, 7) is 4.70. The summed E-state index contributed by atoms with van der Waals surface area (Å²) in [5, 5.41) is 11.0. The lowest BCUT2D eigenvalue weighted by molar-refractivity contribution is -0.140. The second kappa shape index (κ2) is 6.79. The van der Waals surface area contributed by atoms with Crippen molar-refractivity contribution in [1.82, 2.24) is 5.32 Å². The van der Waals surface area contributed by atoms with Gasteiger partial charge in [-0.2, -0.15) is 0 Å². The third-order valence-corrected chi connectivity index (χ3v) is 2.47. The SMILES string of the molecule is CC(C)Cc1ccc(CNC(=O)CC(=O)O)cc1. The van der Waals surface area contributed by atoms with E-state index in [2.05, 4.69) is 19.2 Å². The fourth-order valence-electron chi connectivity index (χ4n) is 1.67. The van der Waals surface area contributed by atoms with Gasteiger partial charge in [0.1, 0.15) is 6.42 Å². The number of carboxylic acid groups (broad SMARTS) is 1. The molecule has 2 N–H and O–H groups in total. The van der Waals surface area contributed by atoms with E-state index in [-0.39, 0.29) is 0 Å². The van der Waals surface area contributed by atoms with Crippen molar-refractivity contribution < 1.29 is 14.7 Å². The summed E-state index contributed by atoms with van der Waals surface area (Å²) in [5.41, 5.74) is 2.24. The maximum atomic E-state index is 11.1. The average Bonchev–Trinajstić information content (AvgIpc) is 2.26. The normalized spacial score (nSPS) is 10.4. The highest BCUT2D eigenvalue weighted by molar-refractivity contribution is 5.93. The lowest BCUT2D eigenvalue weighted by Gasteiger charge is -2.07. The van der Waals surface area contributed by atoms with E-state index >= 15 is 0 Å². The molecule has 0 fully saturated rings. The molecule has 1 aromatic rings. The molecule has 0 bridgehead atoms. The fraction of sp³-hybridized carbons (Fsp3) is 0.429. The highest BCUT2D eigenvalue weighted by atomic mass is 16.4. The molecule has 0 unspecified atom stereocenters. The van der Waals surface area contributed by atoms with Crippen LogP contribution in [-0.2, 0) is 22.6 Å². The topological polar surface area (TPSA) is 66.4 Å². The molecule has 1 amide bonds. The molecular weight excluding hydrogens is 230 g/mol. The minimum Gasteiger partial charge on any atom is -0.481 e. The minimum atomic E-state index is -1.11. The van der Waals surface area contributed by atoms with Gasteiger partial charge in [0.15, 0.2) is 0 Å². The van der Waals surface area contributed by atoms with Gasteiger partial charge in [0.2, 0.25) is 5.91 Å². The first-order chi connectivity index (χ1) is 8.47. The van der Waals surface area contributed by atoms with Gasteiger partial charge < -0.3 is 10.4 Å². The molecule has 0 spiro atoms. The summed E-state index contributed by atoms with van der Waals surface area (Å²) in [7, 11) is 0. The van der Waals surface area contributed by atoms with Crippen LogP contribution in [0.15, 0.2) is 24.3 Å². The number of benzene rings is 1. The van der Waals surface area contributed by atoms with Crippen LogP contribution in [0.2, 0.25) is 0 Å². The van der Waals surface area contributed by atoms with Gasteiger partial charge in [0, 0.05) is 6.54 Å². The minimum absolute atomic E-state index is 0.369. The van der Waals surface area contributed by atoms with E-state index in [1.54, 1.807) is 0 Å². The number of hydrogen-bond donors (Lipinski definition) is 2. The van der Waals surface area contributed by atoms with Crippen LogP contribution >= 0.6 is 0 Å².